The van der Waals surface area contributed by atoms with Crippen molar-refractivity contribution in [2.24, 2.45) is 0 Å². The summed E-state index contributed by atoms with van der Waals surface area (Å²) in [6.07, 6.45) is 3.54. The lowest BCUT2D eigenvalue weighted by atomic mass is 9.75. The van der Waals surface area contributed by atoms with E-state index in [-0.39, 0.29) is 5.41 Å². The highest BCUT2D eigenvalue weighted by Gasteiger charge is 2.43. The molecule has 0 bridgehead atoms. The van der Waals surface area contributed by atoms with Gasteiger partial charge in [-0.3, -0.25) is 0 Å². The Bertz CT molecular complexity index is 1340. The van der Waals surface area contributed by atoms with E-state index in [4.69, 9.17) is 0 Å². The third-order valence-corrected chi connectivity index (χ3v) is 7.49. The summed E-state index contributed by atoms with van der Waals surface area (Å²) in [7, 11) is 2.23. The van der Waals surface area contributed by atoms with Crippen molar-refractivity contribution in [1.82, 2.24) is 0 Å². The summed E-state index contributed by atoms with van der Waals surface area (Å²) in [5.74, 6) is 0. The zero-order valence-corrected chi connectivity index (χ0v) is 15.7. The highest BCUT2D eigenvalue weighted by atomic mass is 32.1. The molecule has 2 heteroatoms. The Morgan fingerprint density at radius 1 is 0.923 bits per heavy atom. The number of benzene rings is 3. The first kappa shape index (κ1) is 14.6. The van der Waals surface area contributed by atoms with Crippen molar-refractivity contribution in [2.45, 2.75) is 18.8 Å². The minimum absolute atomic E-state index is 0.0721. The van der Waals surface area contributed by atoms with Crippen molar-refractivity contribution >= 4 is 49.0 Å². The average molecular weight is 353 g/mol. The highest BCUT2D eigenvalue weighted by Crippen LogP contribution is 2.50. The van der Waals surface area contributed by atoms with Crippen LogP contribution in [0.25, 0.3) is 31.9 Å². The standard InChI is InChI=1S/C24H19NS/c1-24-14-13-17-18(23(24)25(2)20-9-5-4-8-19(20)24)12-11-16-15-7-3-6-10-21(15)26-22(16)17/h3-13H,14H2,1-2H3. The molecule has 1 aliphatic carbocycles. The quantitative estimate of drug-likeness (QED) is 0.441. The molecule has 3 aromatic carbocycles. The summed E-state index contributed by atoms with van der Waals surface area (Å²) < 4.78 is 2.81. The number of likely N-dealkylation sites (N-methyl/N-ethyl adjacent to an activating group) is 1. The zero-order chi connectivity index (χ0) is 17.5. The maximum atomic E-state index is 2.48. The van der Waals surface area contributed by atoms with Crippen LogP contribution in [-0.4, -0.2) is 7.05 Å². The Labute approximate surface area is 156 Å². The largest absolute Gasteiger partial charge is 0.346 e. The van der Waals surface area contributed by atoms with Gasteiger partial charge >= 0.3 is 0 Å². The fourth-order valence-electron chi connectivity index (χ4n) is 5.06. The van der Waals surface area contributed by atoms with Gasteiger partial charge in [0, 0.05) is 49.2 Å². The van der Waals surface area contributed by atoms with E-state index in [1.165, 1.54) is 47.6 Å². The average Bonchev–Trinajstić information content (AvgIpc) is 3.16. The van der Waals surface area contributed by atoms with Gasteiger partial charge in [0.15, 0.2) is 0 Å². The second-order valence-corrected chi connectivity index (χ2v) is 8.72. The van der Waals surface area contributed by atoms with Crippen molar-refractivity contribution < 1.29 is 0 Å². The molecule has 1 aliphatic heterocycles. The first-order valence-electron chi connectivity index (χ1n) is 9.17. The van der Waals surface area contributed by atoms with Crippen LogP contribution in [0.15, 0.2) is 60.7 Å². The summed E-state index contributed by atoms with van der Waals surface area (Å²) in [5, 5.41) is 5.60. The van der Waals surface area contributed by atoms with Crippen LogP contribution in [0.1, 0.15) is 18.9 Å². The molecule has 1 nitrogen and oxygen atoms in total. The Hall–Kier alpha value is -2.58. The molecule has 0 N–H and O–H groups in total. The van der Waals surface area contributed by atoms with Crippen LogP contribution in [-0.2, 0) is 5.41 Å². The van der Waals surface area contributed by atoms with Gasteiger partial charge in [0.2, 0.25) is 0 Å². The van der Waals surface area contributed by atoms with E-state index in [0.29, 0.717) is 0 Å². The molecule has 1 aromatic heterocycles. The van der Waals surface area contributed by atoms with E-state index in [1.54, 1.807) is 0 Å². The van der Waals surface area contributed by atoms with E-state index in [0.717, 1.165) is 6.42 Å². The normalized spacial score (nSPS) is 20.8. The van der Waals surface area contributed by atoms with E-state index in [1.807, 2.05) is 11.3 Å². The van der Waals surface area contributed by atoms with Gasteiger partial charge < -0.3 is 4.90 Å². The Kier molecular flexibility index (Phi) is 2.68. The topological polar surface area (TPSA) is 3.24 Å². The summed E-state index contributed by atoms with van der Waals surface area (Å²) in [6, 6.07) is 22.3. The third-order valence-electron chi connectivity index (χ3n) is 6.27. The van der Waals surface area contributed by atoms with Crippen LogP contribution in [0.2, 0.25) is 0 Å². The molecule has 126 valence electrons. The fraction of sp³-hybridized carbons (Fsp3) is 0.167. The molecule has 4 aromatic rings. The molecule has 2 aliphatic rings. The minimum Gasteiger partial charge on any atom is -0.346 e. The lowest BCUT2D eigenvalue weighted by Gasteiger charge is -2.30. The zero-order valence-electron chi connectivity index (χ0n) is 14.9. The lowest BCUT2D eigenvalue weighted by molar-refractivity contribution is 0.643. The first-order valence-corrected chi connectivity index (χ1v) is 9.99. The number of fused-ring (bicyclic) bond motifs is 8. The smallest absolute Gasteiger partial charge is 0.0448 e. The summed E-state index contributed by atoms with van der Waals surface area (Å²) >= 11 is 1.93. The molecular weight excluding hydrogens is 334 g/mol. The maximum absolute atomic E-state index is 2.48. The van der Waals surface area contributed by atoms with Crippen LogP contribution < -0.4 is 15.3 Å². The van der Waals surface area contributed by atoms with Crippen molar-refractivity contribution in [3.8, 4) is 0 Å². The molecule has 6 rings (SSSR count). The van der Waals surface area contributed by atoms with Crippen molar-refractivity contribution in [3.05, 3.63) is 76.7 Å². The molecular formula is C24H19NS. The molecule has 1 atom stereocenters. The number of nitrogens with zero attached hydrogens (tertiary/aromatic N) is 1. The molecule has 0 saturated heterocycles. The number of anilines is 1. The van der Waals surface area contributed by atoms with E-state index >= 15 is 0 Å². The van der Waals surface area contributed by atoms with Crippen molar-refractivity contribution in [2.75, 3.05) is 11.9 Å². The second-order valence-electron chi connectivity index (χ2n) is 7.67. The molecule has 0 saturated carbocycles. The Morgan fingerprint density at radius 2 is 1.73 bits per heavy atom. The summed E-state index contributed by atoms with van der Waals surface area (Å²) in [4.78, 5) is 2.42. The monoisotopic (exact) mass is 353 g/mol. The van der Waals surface area contributed by atoms with Gasteiger partial charge in [-0.25, -0.2) is 0 Å². The molecule has 0 amide bonds. The van der Waals surface area contributed by atoms with Crippen LogP contribution in [0.3, 0.4) is 0 Å². The van der Waals surface area contributed by atoms with Gasteiger partial charge in [-0.1, -0.05) is 54.6 Å². The van der Waals surface area contributed by atoms with E-state index in [2.05, 4.69) is 85.6 Å². The lowest BCUT2D eigenvalue weighted by Crippen LogP contribution is -2.41. The van der Waals surface area contributed by atoms with Crippen molar-refractivity contribution in [3.63, 3.8) is 0 Å². The molecule has 0 radical (unpaired) electrons. The van der Waals surface area contributed by atoms with Gasteiger partial charge in [-0.15, -0.1) is 11.3 Å². The molecule has 2 heterocycles. The van der Waals surface area contributed by atoms with E-state index in [9.17, 15) is 0 Å². The van der Waals surface area contributed by atoms with Gasteiger partial charge in [-0.05, 0) is 36.3 Å². The molecule has 0 fully saturated rings. The molecule has 0 spiro atoms. The number of hydrogen-bond acceptors (Lipinski definition) is 2. The SMILES string of the molecule is CN1C2=c3ccc4c(sc5ccccc54)c3=CCC2(C)c2ccccc21. The van der Waals surface area contributed by atoms with Gasteiger partial charge in [0.05, 0.1) is 0 Å². The third kappa shape index (κ3) is 1.61. The van der Waals surface area contributed by atoms with Gasteiger partial charge in [0.1, 0.15) is 0 Å². The van der Waals surface area contributed by atoms with Gasteiger partial charge in [0.25, 0.3) is 0 Å². The molecule has 1 unspecified atom stereocenters. The fourth-order valence-corrected chi connectivity index (χ4v) is 6.31. The number of hydrogen-bond donors (Lipinski definition) is 0. The summed E-state index contributed by atoms with van der Waals surface area (Å²) in [5.41, 5.74) is 4.33. The minimum atomic E-state index is 0.0721. The maximum Gasteiger partial charge on any atom is 0.0448 e. The predicted molar refractivity (Wildman–Crippen MR) is 113 cm³/mol. The predicted octanol–water partition coefficient (Wildman–Crippen LogP) is 4.75. The summed E-state index contributed by atoms with van der Waals surface area (Å²) in [6.45, 7) is 2.40. The van der Waals surface area contributed by atoms with Crippen LogP contribution in [0.4, 0.5) is 5.69 Å². The Balaban J connectivity index is 1.79. The van der Waals surface area contributed by atoms with Gasteiger partial charge in [-0.2, -0.15) is 0 Å². The highest BCUT2D eigenvalue weighted by molar-refractivity contribution is 7.25. The number of para-hydroxylation sites is 1. The van der Waals surface area contributed by atoms with Crippen LogP contribution in [0.5, 0.6) is 0 Å². The first-order chi connectivity index (χ1) is 12.7. The Morgan fingerprint density at radius 3 is 2.65 bits per heavy atom. The number of thiophene rings is 1. The van der Waals surface area contributed by atoms with Crippen molar-refractivity contribution in [1.29, 1.82) is 0 Å². The van der Waals surface area contributed by atoms with Crippen LogP contribution >= 0.6 is 11.3 Å². The number of rotatable bonds is 0. The molecule has 26 heavy (non-hydrogen) atoms. The van der Waals surface area contributed by atoms with Crippen LogP contribution in [0, 0.1) is 0 Å². The second kappa shape index (κ2) is 4.77. The van der Waals surface area contributed by atoms with E-state index < -0.39 is 0 Å².